The van der Waals surface area contributed by atoms with Crippen LogP contribution in [0, 0.1) is 10.1 Å². The van der Waals surface area contributed by atoms with Crippen LogP contribution in [-0.2, 0) is 13.2 Å². The van der Waals surface area contributed by atoms with Gasteiger partial charge >= 0.3 is 0 Å². The lowest BCUT2D eigenvalue weighted by atomic mass is 10.2. The molecule has 0 atom stereocenters. The number of nitro groups is 1. The van der Waals surface area contributed by atoms with Crippen LogP contribution in [0.1, 0.15) is 27.0 Å². The molecule has 37 heavy (non-hydrogen) atoms. The Labute approximate surface area is 218 Å². The van der Waals surface area contributed by atoms with E-state index in [-0.39, 0.29) is 18.9 Å². The third-order valence-corrected chi connectivity index (χ3v) is 5.63. The first-order valence-electron chi connectivity index (χ1n) is 11.2. The van der Waals surface area contributed by atoms with Crippen LogP contribution in [-0.4, -0.2) is 17.0 Å². The quantitative estimate of drug-likeness (QED) is 0.154. The number of ether oxygens (including phenoxy) is 2. The van der Waals surface area contributed by atoms with E-state index >= 15 is 0 Å². The topological polar surface area (TPSA) is 103 Å². The number of halogens is 1. The van der Waals surface area contributed by atoms with E-state index in [1.165, 1.54) is 18.3 Å². The van der Waals surface area contributed by atoms with Crippen molar-refractivity contribution in [2.24, 2.45) is 5.10 Å². The molecule has 0 spiro atoms. The molecule has 4 aromatic carbocycles. The Morgan fingerprint density at radius 1 is 0.919 bits per heavy atom. The molecule has 0 radical (unpaired) electrons. The van der Waals surface area contributed by atoms with Crippen LogP contribution in [0.3, 0.4) is 0 Å². The summed E-state index contributed by atoms with van der Waals surface area (Å²) in [5.41, 5.74) is 5.21. The van der Waals surface area contributed by atoms with E-state index in [4.69, 9.17) is 21.1 Å². The highest BCUT2D eigenvalue weighted by Crippen LogP contribution is 2.22. The highest BCUT2D eigenvalue weighted by Gasteiger charge is 2.12. The molecule has 0 fully saturated rings. The lowest BCUT2D eigenvalue weighted by molar-refractivity contribution is -0.384. The number of non-ortho nitro benzene ring substituents is 1. The molecule has 1 N–H and O–H groups in total. The molecule has 186 valence electrons. The van der Waals surface area contributed by atoms with Gasteiger partial charge in [-0.3, -0.25) is 14.9 Å². The van der Waals surface area contributed by atoms with E-state index in [9.17, 15) is 14.9 Å². The molecule has 4 rings (SSSR count). The van der Waals surface area contributed by atoms with Gasteiger partial charge in [-0.15, -0.1) is 0 Å². The molecular weight excluding hydrogens is 494 g/mol. The first kappa shape index (κ1) is 25.4. The first-order valence-corrected chi connectivity index (χ1v) is 11.6. The summed E-state index contributed by atoms with van der Waals surface area (Å²) in [7, 11) is 0. The summed E-state index contributed by atoms with van der Waals surface area (Å²) in [4.78, 5) is 23.1. The molecule has 0 aliphatic carbocycles. The molecule has 0 unspecified atom stereocenters. The predicted octanol–water partition coefficient (Wildman–Crippen LogP) is 6.17. The van der Waals surface area contributed by atoms with E-state index in [0.717, 1.165) is 11.1 Å². The summed E-state index contributed by atoms with van der Waals surface area (Å²) in [6, 6.07) is 27.6. The fraction of sp³-hybridized carbons (Fsp3) is 0.0714. The standard InChI is InChI=1S/C28H22ClN3O5/c29-26-10-3-1-7-22(26)19-37-27-11-4-2-9-25(27)28(33)31-30-17-21-6-5-8-24(16-21)36-18-20-12-14-23(15-13-20)32(34)35/h1-17H,18-19H2,(H,31,33)/b30-17+. The predicted molar refractivity (Wildman–Crippen MR) is 141 cm³/mol. The van der Waals surface area contributed by atoms with E-state index in [2.05, 4.69) is 10.5 Å². The lowest BCUT2D eigenvalue weighted by Gasteiger charge is -2.11. The van der Waals surface area contributed by atoms with E-state index in [1.54, 1.807) is 60.7 Å². The molecule has 0 saturated carbocycles. The SMILES string of the molecule is O=C(N/N=C/c1cccc(OCc2ccc([N+](=O)[O-])cc2)c1)c1ccccc1OCc1ccccc1Cl. The van der Waals surface area contributed by atoms with Crippen molar-refractivity contribution in [3.63, 3.8) is 0 Å². The first-order chi connectivity index (χ1) is 18.0. The molecule has 8 nitrogen and oxygen atoms in total. The van der Waals surface area contributed by atoms with Gasteiger partial charge in [0.1, 0.15) is 24.7 Å². The van der Waals surface area contributed by atoms with Crippen LogP contribution in [0.25, 0.3) is 0 Å². The summed E-state index contributed by atoms with van der Waals surface area (Å²) >= 11 is 6.19. The highest BCUT2D eigenvalue weighted by molar-refractivity contribution is 6.31. The van der Waals surface area contributed by atoms with E-state index < -0.39 is 10.8 Å². The Balaban J connectivity index is 1.34. The van der Waals surface area contributed by atoms with Gasteiger partial charge in [0.05, 0.1) is 16.7 Å². The summed E-state index contributed by atoms with van der Waals surface area (Å²) in [5, 5.41) is 15.4. The number of hydrogen-bond acceptors (Lipinski definition) is 6. The fourth-order valence-electron chi connectivity index (χ4n) is 3.34. The average molecular weight is 516 g/mol. The van der Waals surface area contributed by atoms with Gasteiger partial charge in [0, 0.05) is 22.7 Å². The Bertz CT molecular complexity index is 1420. The number of carbonyl (C=O) groups is 1. The van der Waals surface area contributed by atoms with Crippen LogP contribution < -0.4 is 14.9 Å². The molecule has 0 heterocycles. The van der Waals surface area contributed by atoms with Crippen LogP contribution in [0.4, 0.5) is 5.69 Å². The third kappa shape index (κ3) is 7.16. The Hall–Kier alpha value is -4.69. The van der Waals surface area contributed by atoms with Crippen molar-refractivity contribution in [2.45, 2.75) is 13.2 Å². The third-order valence-electron chi connectivity index (χ3n) is 5.26. The maximum atomic E-state index is 12.7. The van der Waals surface area contributed by atoms with Crippen molar-refractivity contribution in [3.05, 3.63) is 134 Å². The van der Waals surface area contributed by atoms with E-state index in [1.807, 2.05) is 24.3 Å². The summed E-state index contributed by atoms with van der Waals surface area (Å²) in [5.74, 6) is 0.584. The number of para-hydroxylation sites is 1. The number of hydrazone groups is 1. The van der Waals surface area contributed by atoms with Crippen molar-refractivity contribution < 1.29 is 19.2 Å². The largest absolute Gasteiger partial charge is 0.489 e. The molecule has 0 aliphatic heterocycles. The van der Waals surface area contributed by atoms with Crippen molar-refractivity contribution in [1.29, 1.82) is 0 Å². The number of nitrogens with one attached hydrogen (secondary N) is 1. The van der Waals surface area contributed by atoms with Gasteiger partial charge in [0.25, 0.3) is 11.6 Å². The van der Waals surface area contributed by atoms with Gasteiger partial charge in [0.2, 0.25) is 0 Å². The monoisotopic (exact) mass is 515 g/mol. The molecular formula is C28H22ClN3O5. The van der Waals surface area contributed by atoms with Crippen molar-refractivity contribution in [2.75, 3.05) is 0 Å². The van der Waals surface area contributed by atoms with Gasteiger partial charge in [-0.2, -0.15) is 5.10 Å². The molecule has 0 aromatic heterocycles. The number of hydrogen-bond donors (Lipinski definition) is 1. The number of benzene rings is 4. The van der Waals surface area contributed by atoms with Crippen LogP contribution in [0.15, 0.2) is 102 Å². The Kier molecular flexibility index (Phi) is 8.46. The smallest absolute Gasteiger partial charge is 0.275 e. The van der Waals surface area contributed by atoms with Gasteiger partial charge in [-0.25, -0.2) is 5.43 Å². The van der Waals surface area contributed by atoms with Gasteiger partial charge < -0.3 is 9.47 Å². The molecule has 4 aromatic rings. The van der Waals surface area contributed by atoms with Gasteiger partial charge in [-0.1, -0.05) is 54.1 Å². The number of carbonyl (C=O) groups excluding carboxylic acids is 1. The van der Waals surface area contributed by atoms with Crippen LogP contribution >= 0.6 is 11.6 Å². The van der Waals surface area contributed by atoms with Crippen molar-refractivity contribution in [1.82, 2.24) is 5.43 Å². The summed E-state index contributed by atoms with van der Waals surface area (Å²) < 4.78 is 11.6. The molecule has 1 amide bonds. The number of nitro benzene ring substituents is 1. The minimum absolute atomic E-state index is 0.0267. The maximum Gasteiger partial charge on any atom is 0.275 e. The number of nitrogens with zero attached hydrogens (tertiary/aromatic N) is 2. The van der Waals surface area contributed by atoms with Crippen molar-refractivity contribution >= 4 is 29.4 Å². The second kappa shape index (κ2) is 12.3. The maximum absolute atomic E-state index is 12.7. The summed E-state index contributed by atoms with van der Waals surface area (Å²) in [6.45, 7) is 0.472. The van der Waals surface area contributed by atoms with Crippen LogP contribution in [0.5, 0.6) is 11.5 Å². The zero-order valence-corrected chi connectivity index (χ0v) is 20.3. The van der Waals surface area contributed by atoms with Gasteiger partial charge in [-0.05, 0) is 53.6 Å². The second-order valence-electron chi connectivity index (χ2n) is 7.86. The minimum atomic E-state index is -0.446. The molecule has 9 heteroatoms. The van der Waals surface area contributed by atoms with Crippen LogP contribution in [0.2, 0.25) is 5.02 Å². The minimum Gasteiger partial charge on any atom is -0.489 e. The normalized spacial score (nSPS) is 10.7. The summed E-state index contributed by atoms with van der Waals surface area (Å²) in [6.07, 6.45) is 1.50. The average Bonchev–Trinajstić information content (AvgIpc) is 2.92. The lowest BCUT2D eigenvalue weighted by Crippen LogP contribution is -2.18. The number of rotatable bonds is 10. The fourth-order valence-corrected chi connectivity index (χ4v) is 3.53. The molecule has 0 bridgehead atoms. The molecule has 0 aliphatic rings. The van der Waals surface area contributed by atoms with Crippen molar-refractivity contribution in [3.8, 4) is 11.5 Å². The highest BCUT2D eigenvalue weighted by atomic mass is 35.5. The Morgan fingerprint density at radius 3 is 2.46 bits per heavy atom. The zero-order chi connectivity index (χ0) is 26.0. The number of amides is 1. The molecule has 0 saturated heterocycles. The Morgan fingerprint density at radius 2 is 1.68 bits per heavy atom. The van der Waals surface area contributed by atoms with Gasteiger partial charge in [0.15, 0.2) is 0 Å². The van der Waals surface area contributed by atoms with E-state index in [0.29, 0.717) is 27.6 Å². The zero-order valence-electron chi connectivity index (χ0n) is 19.5. The second-order valence-corrected chi connectivity index (χ2v) is 8.27.